The van der Waals surface area contributed by atoms with Gasteiger partial charge in [0.1, 0.15) is 16.3 Å². The third-order valence-corrected chi connectivity index (χ3v) is 10.3. The van der Waals surface area contributed by atoms with E-state index in [9.17, 15) is 13.2 Å². The van der Waals surface area contributed by atoms with Gasteiger partial charge in [0, 0.05) is 28.9 Å². The van der Waals surface area contributed by atoms with Crippen molar-refractivity contribution >= 4 is 39.0 Å². The molecule has 2 aliphatic rings. The Bertz CT molecular complexity index is 1700. The second kappa shape index (κ2) is 11.4. The number of nitrogens with one attached hydrogen (secondary N) is 1. The number of aromatic nitrogens is 2. The molecule has 2 fully saturated rings. The quantitative estimate of drug-likeness (QED) is 0.270. The number of hydrogen-bond donors (Lipinski definition) is 1. The highest BCUT2D eigenvalue weighted by atomic mass is 35.5. The van der Waals surface area contributed by atoms with Crippen molar-refractivity contribution in [3.8, 4) is 17.1 Å². The Labute approximate surface area is 249 Å². The number of benzene rings is 3. The first-order valence-corrected chi connectivity index (χ1v) is 15.5. The first-order chi connectivity index (χ1) is 20.2. The van der Waals surface area contributed by atoms with Crippen LogP contribution in [0.3, 0.4) is 0 Å². The molecule has 0 bridgehead atoms. The van der Waals surface area contributed by atoms with E-state index in [4.69, 9.17) is 31.0 Å². The van der Waals surface area contributed by atoms with E-state index in [-0.39, 0.29) is 10.9 Å². The third-order valence-electron chi connectivity index (χ3n) is 7.53. The highest BCUT2D eigenvalue weighted by Gasteiger charge is 2.58. The number of para-hydroxylation sites is 1. The van der Waals surface area contributed by atoms with Gasteiger partial charge in [-0.25, -0.2) is 23.2 Å². The van der Waals surface area contributed by atoms with Gasteiger partial charge in [-0.1, -0.05) is 29.8 Å². The molecule has 0 spiro atoms. The maximum atomic E-state index is 13.9. The molecular weight excluding hydrogens is 576 g/mol. The van der Waals surface area contributed by atoms with Crippen LogP contribution < -0.4 is 15.0 Å². The minimum atomic E-state index is -3.76. The fraction of sp³-hybridized carbons (Fsp3) is 0.258. The van der Waals surface area contributed by atoms with Gasteiger partial charge < -0.3 is 14.4 Å². The zero-order valence-electron chi connectivity index (χ0n) is 22.9. The van der Waals surface area contributed by atoms with Crippen molar-refractivity contribution in [2.24, 2.45) is 0 Å². The Hall–Kier alpha value is -3.99. The fourth-order valence-electron chi connectivity index (χ4n) is 5.07. The van der Waals surface area contributed by atoms with Gasteiger partial charge in [-0.05, 0) is 80.4 Å². The summed E-state index contributed by atoms with van der Waals surface area (Å²) in [4.78, 5) is 24.4. The van der Waals surface area contributed by atoms with Crippen molar-refractivity contribution in [1.82, 2.24) is 9.97 Å². The lowest BCUT2D eigenvalue weighted by Crippen LogP contribution is -2.44. The van der Waals surface area contributed by atoms with Crippen LogP contribution in [0.15, 0.2) is 89.8 Å². The standard InChI is InChI=1S/C31H29ClN4O5S/c1-21-20-40-18-17-36(21)28-19-27(31(15-16-31)42(38,39)26-13-9-23(32)10-14-26)34-29(35-28)22-7-11-24(12-8-22)33-30(37)41-25-5-3-2-4-6-25/h2-14,19,21H,15-18,20H2,1H3,(H,33,37)/t21-/m0/s1. The van der Waals surface area contributed by atoms with Crippen molar-refractivity contribution in [3.63, 3.8) is 0 Å². The van der Waals surface area contributed by atoms with E-state index < -0.39 is 20.7 Å². The van der Waals surface area contributed by atoms with E-state index in [2.05, 4.69) is 10.2 Å². The van der Waals surface area contributed by atoms with Gasteiger partial charge in [0.25, 0.3) is 0 Å². The number of morpholine rings is 1. The molecule has 0 unspecified atom stereocenters. The Kier molecular flexibility index (Phi) is 7.61. The minimum Gasteiger partial charge on any atom is -0.410 e. The Morgan fingerprint density at radius 1 is 1.02 bits per heavy atom. The molecule has 0 radical (unpaired) electrons. The summed E-state index contributed by atoms with van der Waals surface area (Å²) >= 11 is 6.03. The molecule has 1 saturated heterocycles. The van der Waals surface area contributed by atoms with Crippen LogP contribution in [0.25, 0.3) is 11.4 Å². The minimum absolute atomic E-state index is 0.0552. The second-order valence-corrected chi connectivity index (χ2v) is 13.1. The lowest BCUT2D eigenvalue weighted by molar-refractivity contribution is 0.0985. The molecule has 216 valence electrons. The summed E-state index contributed by atoms with van der Waals surface area (Å²) in [5.41, 5.74) is 1.67. The number of hydrogen-bond acceptors (Lipinski definition) is 8. The van der Waals surface area contributed by atoms with E-state index in [0.717, 1.165) is 0 Å². The molecule has 1 amide bonds. The molecule has 9 nitrogen and oxygen atoms in total. The van der Waals surface area contributed by atoms with Crippen LogP contribution in [0.4, 0.5) is 16.3 Å². The van der Waals surface area contributed by atoms with E-state index in [1.54, 1.807) is 78.9 Å². The molecule has 4 aromatic rings. The summed E-state index contributed by atoms with van der Waals surface area (Å²) < 4.78 is 37.6. The highest BCUT2D eigenvalue weighted by Crippen LogP contribution is 2.55. The number of halogens is 1. The van der Waals surface area contributed by atoms with Gasteiger partial charge in [-0.3, -0.25) is 5.32 Å². The molecule has 1 atom stereocenters. The Morgan fingerprint density at radius 2 is 1.74 bits per heavy atom. The molecule has 1 N–H and O–H groups in total. The number of carbonyl (C=O) groups is 1. The molecule has 11 heteroatoms. The topological polar surface area (TPSA) is 111 Å². The van der Waals surface area contributed by atoms with Gasteiger partial charge >= 0.3 is 6.09 Å². The average Bonchev–Trinajstić information content (AvgIpc) is 3.81. The zero-order chi connectivity index (χ0) is 29.3. The maximum Gasteiger partial charge on any atom is 0.417 e. The number of rotatable bonds is 7. The highest BCUT2D eigenvalue weighted by molar-refractivity contribution is 7.92. The molecule has 1 aliphatic heterocycles. The summed E-state index contributed by atoms with van der Waals surface area (Å²) in [6, 6.07) is 23.9. The molecule has 42 heavy (non-hydrogen) atoms. The van der Waals surface area contributed by atoms with Crippen LogP contribution in [0.1, 0.15) is 25.5 Å². The third kappa shape index (κ3) is 5.57. The SMILES string of the molecule is C[C@H]1COCCN1c1cc(C2(S(=O)(=O)c3ccc(Cl)cc3)CC2)nc(-c2ccc(NC(=O)Oc3ccccc3)cc2)n1. The van der Waals surface area contributed by atoms with E-state index >= 15 is 0 Å². The molecule has 1 saturated carbocycles. The largest absolute Gasteiger partial charge is 0.417 e. The summed E-state index contributed by atoms with van der Waals surface area (Å²) in [6.45, 7) is 3.77. The summed E-state index contributed by atoms with van der Waals surface area (Å²) in [5.74, 6) is 1.48. The van der Waals surface area contributed by atoms with Gasteiger partial charge in [0.2, 0.25) is 0 Å². The Morgan fingerprint density at radius 3 is 2.40 bits per heavy atom. The van der Waals surface area contributed by atoms with Gasteiger partial charge in [-0.15, -0.1) is 0 Å². The Balaban J connectivity index is 1.33. The second-order valence-electron chi connectivity index (χ2n) is 10.4. The van der Waals surface area contributed by atoms with E-state index in [0.29, 0.717) is 72.0 Å². The molecule has 2 heterocycles. The molecule has 3 aromatic carbocycles. The smallest absolute Gasteiger partial charge is 0.410 e. The lowest BCUT2D eigenvalue weighted by atomic mass is 10.1. The fourth-order valence-corrected chi connectivity index (χ4v) is 7.16. The number of anilines is 2. The zero-order valence-corrected chi connectivity index (χ0v) is 24.4. The van der Waals surface area contributed by atoms with Crippen molar-refractivity contribution in [1.29, 1.82) is 0 Å². The summed E-state index contributed by atoms with van der Waals surface area (Å²) in [7, 11) is -3.76. The number of ether oxygens (including phenoxy) is 2. The van der Waals surface area contributed by atoms with Crippen LogP contribution in [0.5, 0.6) is 5.75 Å². The van der Waals surface area contributed by atoms with Crippen LogP contribution in [-0.4, -0.2) is 50.3 Å². The van der Waals surface area contributed by atoms with Crippen LogP contribution in [0.2, 0.25) is 5.02 Å². The van der Waals surface area contributed by atoms with Crippen LogP contribution >= 0.6 is 11.6 Å². The molecule has 6 rings (SSSR count). The number of sulfone groups is 1. The predicted octanol–water partition coefficient (Wildman–Crippen LogP) is 6.10. The normalized spacial score (nSPS) is 17.9. The summed E-state index contributed by atoms with van der Waals surface area (Å²) in [5, 5.41) is 3.18. The van der Waals surface area contributed by atoms with Gasteiger partial charge in [0.15, 0.2) is 15.7 Å². The van der Waals surface area contributed by atoms with Crippen molar-refractivity contribution < 1.29 is 22.7 Å². The van der Waals surface area contributed by atoms with Crippen molar-refractivity contribution in [3.05, 3.63) is 95.6 Å². The summed E-state index contributed by atoms with van der Waals surface area (Å²) in [6.07, 6.45) is 0.302. The number of nitrogens with zero attached hydrogens (tertiary/aromatic N) is 3. The number of carbonyl (C=O) groups excluding carboxylic acids is 1. The molecular formula is C31H29ClN4O5S. The number of amides is 1. The predicted molar refractivity (Wildman–Crippen MR) is 161 cm³/mol. The first kappa shape index (κ1) is 28.1. The van der Waals surface area contributed by atoms with Crippen LogP contribution in [-0.2, 0) is 19.3 Å². The van der Waals surface area contributed by atoms with Gasteiger partial charge in [-0.2, -0.15) is 0 Å². The van der Waals surface area contributed by atoms with E-state index in [1.807, 2.05) is 13.0 Å². The van der Waals surface area contributed by atoms with Gasteiger partial charge in [0.05, 0.1) is 29.8 Å². The lowest BCUT2D eigenvalue weighted by Gasteiger charge is -2.34. The monoisotopic (exact) mass is 604 g/mol. The average molecular weight is 605 g/mol. The maximum absolute atomic E-state index is 13.9. The molecule has 1 aliphatic carbocycles. The first-order valence-electron chi connectivity index (χ1n) is 13.6. The molecule has 1 aromatic heterocycles. The van der Waals surface area contributed by atoms with Crippen LogP contribution in [0, 0.1) is 0 Å². The van der Waals surface area contributed by atoms with Crippen molar-refractivity contribution in [2.45, 2.75) is 35.4 Å². The van der Waals surface area contributed by atoms with E-state index in [1.165, 1.54) is 0 Å². The van der Waals surface area contributed by atoms with Crippen molar-refractivity contribution in [2.75, 3.05) is 30.0 Å².